The van der Waals surface area contributed by atoms with Gasteiger partial charge in [-0.3, -0.25) is 9.59 Å². The molecule has 2 amide bonds. The second-order valence-corrected chi connectivity index (χ2v) is 13.0. The van der Waals surface area contributed by atoms with Crippen LogP contribution in [0.25, 0.3) is 0 Å². The lowest BCUT2D eigenvalue weighted by Crippen LogP contribution is -2.52. The van der Waals surface area contributed by atoms with Gasteiger partial charge in [0.05, 0.1) is 24.2 Å². The van der Waals surface area contributed by atoms with Crippen molar-refractivity contribution in [2.45, 2.75) is 75.7 Å². The number of methoxy groups -OCH3 is 1. The molecule has 0 radical (unpaired) electrons. The molecule has 2 saturated heterocycles. The van der Waals surface area contributed by atoms with Crippen LogP contribution in [0.4, 0.5) is 13.2 Å². The van der Waals surface area contributed by atoms with Gasteiger partial charge in [0.15, 0.2) is 0 Å². The largest absolute Gasteiger partial charge is 0.467 e. The van der Waals surface area contributed by atoms with Crippen molar-refractivity contribution >= 4 is 17.8 Å². The Morgan fingerprint density at radius 2 is 1.24 bits per heavy atom. The Hall–Kier alpha value is -4.18. The molecule has 0 spiro atoms. The second kappa shape index (κ2) is 13.3. The number of ether oxygens (including phenoxy) is 2. The number of amides is 2. The van der Waals surface area contributed by atoms with Crippen LogP contribution < -0.4 is 0 Å². The maximum Gasteiger partial charge on any atom is 0.328 e. The van der Waals surface area contributed by atoms with E-state index in [1.54, 1.807) is 36.4 Å². The van der Waals surface area contributed by atoms with E-state index in [0.717, 1.165) is 0 Å². The number of halogens is 3. The van der Waals surface area contributed by atoms with Crippen LogP contribution in [-0.4, -0.2) is 71.6 Å². The molecule has 3 atom stereocenters. The third-order valence-electron chi connectivity index (χ3n) is 8.82. The van der Waals surface area contributed by atoms with Gasteiger partial charge in [-0.05, 0) is 86.7 Å². The zero-order valence-corrected chi connectivity index (χ0v) is 26.5. The van der Waals surface area contributed by atoms with Gasteiger partial charge in [0, 0.05) is 25.9 Å². The lowest BCUT2D eigenvalue weighted by Gasteiger charge is -2.38. The highest BCUT2D eigenvalue weighted by molar-refractivity contribution is 5.92. The molecule has 0 N–H and O–H groups in total. The van der Waals surface area contributed by atoms with E-state index in [9.17, 15) is 27.6 Å². The molecule has 0 bridgehead atoms. The average Bonchev–Trinajstić information content (AvgIpc) is 3.68. The molecule has 2 aliphatic heterocycles. The summed E-state index contributed by atoms with van der Waals surface area (Å²) in [6, 6.07) is 15.3. The molecule has 5 rings (SSSR count). The van der Waals surface area contributed by atoms with Gasteiger partial charge in [0.1, 0.15) is 29.5 Å². The molecule has 244 valence electrons. The minimum atomic E-state index is -1.31. The predicted octanol–water partition coefficient (Wildman–Crippen LogP) is 5.78. The van der Waals surface area contributed by atoms with Crippen LogP contribution in [0.3, 0.4) is 0 Å². The van der Waals surface area contributed by atoms with Crippen LogP contribution in [0, 0.1) is 17.5 Å². The lowest BCUT2D eigenvalue weighted by molar-refractivity contribution is -0.153. The van der Waals surface area contributed by atoms with E-state index in [2.05, 4.69) is 0 Å². The molecule has 46 heavy (non-hydrogen) atoms. The van der Waals surface area contributed by atoms with Crippen LogP contribution in [0.1, 0.15) is 63.1 Å². The number of nitrogens with zero attached hydrogens (tertiary/aromatic N) is 2. The molecule has 0 aliphatic carbocycles. The Kier molecular flexibility index (Phi) is 9.58. The molecular weight excluding hydrogens is 597 g/mol. The molecular formula is C36H39F3N2O5. The first kappa shape index (κ1) is 33.2. The van der Waals surface area contributed by atoms with Crippen molar-refractivity contribution in [3.05, 3.63) is 107 Å². The fourth-order valence-corrected chi connectivity index (χ4v) is 6.83. The summed E-state index contributed by atoms with van der Waals surface area (Å²) in [4.78, 5) is 44.3. The van der Waals surface area contributed by atoms with Crippen LogP contribution in [0.5, 0.6) is 0 Å². The van der Waals surface area contributed by atoms with Gasteiger partial charge in [0.2, 0.25) is 11.8 Å². The fraction of sp³-hybridized carbons (Fsp3) is 0.417. The van der Waals surface area contributed by atoms with Gasteiger partial charge >= 0.3 is 5.97 Å². The highest BCUT2D eigenvalue weighted by atomic mass is 19.1. The Bertz CT molecular complexity index is 1440. The molecule has 10 heteroatoms. The minimum Gasteiger partial charge on any atom is -0.467 e. The van der Waals surface area contributed by atoms with Crippen molar-refractivity contribution in [3.8, 4) is 0 Å². The maximum absolute atomic E-state index is 14.7. The number of likely N-dealkylation sites (tertiary alicyclic amines) is 2. The van der Waals surface area contributed by atoms with E-state index < -0.39 is 58.5 Å². The smallest absolute Gasteiger partial charge is 0.328 e. The summed E-state index contributed by atoms with van der Waals surface area (Å²) in [5.74, 6) is -2.74. The van der Waals surface area contributed by atoms with Gasteiger partial charge < -0.3 is 19.3 Å². The second-order valence-electron chi connectivity index (χ2n) is 13.0. The van der Waals surface area contributed by atoms with E-state index in [1.807, 2.05) is 20.8 Å². The van der Waals surface area contributed by atoms with Gasteiger partial charge in [-0.15, -0.1) is 0 Å². The lowest BCUT2D eigenvalue weighted by atomic mass is 9.67. The van der Waals surface area contributed by atoms with Gasteiger partial charge in [-0.1, -0.05) is 36.4 Å². The number of carbonyl (C=O) groups excluding carboxylic acids is 3. The van der Waals surface area contributed by atoms with Crippen LogP contribution in [-0.2, 0) is 29.3 Å². The Morgan fingerprint density at radius 1 is 0.761 bits per heavy atom. The number of benzene rings is 3. The van der Waals surface area contributed by atoms with E-state index in [1.165, 1.54) is 53.3 Å². The van der Waals surface area contributed by atoms with Crippen LogP contribution >= 0.6 is 0 Å². The fourth-order valence-electron chi connectivity index (χ4n) is 6.83. The highest BCUT2D eigenvalue weighted by Crippen LogP contribution is 2.44. The summed E-state index contributed by atoms with van der Waals surface area (Å²) in [6.07, 6.45) is 0.598. The summed E-state index contributed by atoms with van der Waals surface area (Å²) in [5.41, 5.74) is -0.300. The van der Waals surface area contributed by atoms with E-state index in [0.29, 0.717) is 36.1 Å². The van der Waals surface area contributed by atoms with Gasteiger partial charge in [0.25, 0.3) is 0 Å². The van der Waals surface area contributed by atoms with E-state index >= 15 is 0 Å². The molecule has 2 fully saturated rings. The third kappa shape index (κ3) is 6.82. The predicted molar refractivity (Wildman–Crippen MR) is 165 cm³/mol. The monoisotopic (exact) mass is 636 g/mol. The molecule has 2 heterocycles. The summed E-state index contributed by atoms with van der Waals surface area (Å²) in [5, 5.41) is 0. The number of hydrogen-bond donors (Lipinski definition) is 0. The molecule has 2 aliphatic rings. The molecule has 0 saturated carbocycles. The van der Waals surface area contributed by atoms with E-state index in [-0.39, 0.29) is 25.3 Å². The van der Waals surface area contributed by atoms with Crippen molar-refractivity contribution in [2.75, 3.05) is 20.2 Å². The van der Waals surface area contributed by atoms with Crippen molar-refractivity contribution in [3.63, 3.8) is 0 Å². The zero-order valence-electron chi connectivity index (χ0n) is 26.5. The highest BCUT2D eigenvalue weighted by Gasteiger charge is 2.48. The maximum atomic E-state index is 14.7. The van der Waals surface area contributed by atoms with Crippen molar-refractivity contribution in [2.24, 2.45) is 0 Å². The number of esters is 1. The Morgan fingerprint density at radius 3 is 1.67 bits per heavy atom. The average molecular weight is 637 g/mol. The normalized spacial score (nSPS) is 20.2. The quantitative estimate of drug-likeness (QED) is 0.232. The van der Waals surface area contributed by atoms with Crippen molar-refractivity contribution < 1.29 is 37.0 Å². The number of hydrogen-bond acceptors (Lipinski definition) is 5. The zero-order chi connectivity index (χ0) is 33.2. The topological polar surface area (TPSA) is 76.2 Å². The van der Waals surface area contributed by atoms with Gasteiger partial charge in [-0.2, -0.15) is 0 Å². The minimum absolute atomic E-state index is 0.121. The van der Waals surface area contributed by atoms with Crippen LogP contribution in [0.15, 0.2) is 72.8 Å². The summed E-state index contributed by atoms with van der Waals surface area (Å²) >= 11 is 0. The summed E-state index contributed by atoms with van der Waals surface area (Å²) in [7, 11) is 1.28. The third-order valence-corrected chi connectivity index (χ3v) is 8.82. The van der Waals surface area contributed by atoms with Crippen molar-refractivity contribution in [1.29, 1.82) is 0 Å². The van der Waals surface area contributed by atoms with Crippen molar-refractivity contribution in [1.82, 2.24) is 9.80 Å². The number of rotatable bonds is 8. The molecule has 3 aromatic carbocycles. The first-order valence-corrected chi connectivity index (χ1v) is 15.5. The van der Waals surface area contributed by atoms with Crippen LogP contribution in [0.2, 0.25) is 0 Å². The first-order valence-electron chi connectivity index (χ1n) is 15.5. The Labute approximate surface area is 267 Å². The summed E-state index contributed by atoms with van der Waals surface area (Å²) in [6.45, 7) is 6.16. The molecule has 3 aromatic rings. The molecule has 0 aromatic heterocycles. The Balaban J connectivity index is 1.60. The molecule has 0 unspecified atom stereocenters. The number of carbonyl (C=O) groups is 3. The summed E-state index contributed by atoms with van der Waals surface area (Å²) < 4.78 is 53.9. The standard InChI is InChI=1S/C36H39F3N2O5/c1-35(2,3)46-29-20-31(33(43)40-19-5-6-30(40)34(44)45-4)41(22-29)32(42)21-36(23-7-13-26(37)14-8-23,24-9-15-27(38)16-10-24)25-11-17-28(39)18-12-25/h7-18,29-31H,5-6,19-22H2,1-4H3/t29-,30-,31+/m1/s1. The SMILES string of the molecule is COC(=O)[C@H]1CCCN1C(=O)[C@@H]1C[C@@H](OC(C)(C)C)CN1C(=O)CC(c1ccc(F)cc1)(c1ccc(F)cc1)c1ccc(F)cc1. The molecule has 7 nitrogen and oxygen atoms in total. The van der Waals surface area contributed by atoms with Gasteiger partial charge in [-0.25, -0.2) is 18.0 Å². The first-order chi connectivity index (χ1) is 21.8. The van der Waals surface area contributed by atoms with E-state index in [4.69, 9.17) is 9.47 Å².